The van der Waals surface area contributed by atoms with Crippen molar-refractivity contribution in [1.29, 1.82) is 0 Å². The van der Waals surface area contributed by atoms with Gasteiger partial charge < -0.3 is 19.7 Å². The van der Waals surface area contributed by atoms with E-state index in [0.717, 1.165) is 10.5 Å². The molecular formula is C21H21N3O5. The highest BCUT2D eigenvalue weighted by atomic mass is 16.7. The molecule has 1 fully saturated rings. The van der Waals surface area contributed by atoms with Crippen molar-refractivity contribution >= 4 is 17.8 Å². The normalized spacial score (nSPS) is 20.0. The van der Waals surface area contributed by atoms with Gasteiger partial charge in [0.2, 0.25) is 12.7 Å². The predicted octanol–water partition coefficient (Wildman–Crippen LogP) is 1.84. The van der Waals surface area contributed by atoms with Gasteiger partial charge in [0, 0.05) is 13.6 Å². The minimum atomic E-state index is -1.28. The molecule has 8 nitrogen and oxygen atoms in total. The summed E-state index contributed by atoms with van der Waals surface area (Å²) in [4.78, 5) is 40.6. The van der Waals surface area contributed by atoms with Crippen molar-refractivity contribution in [1.82, 2.24) is 15.1 Å². The summed E-state index contributed by atoms with van der Waals surface area (Å²) in [5.41, 5.74) is 0.245. The highest BCUT2D eigenvalue weighted by molar-refractivity contribution is 6.09. The first-order chi connectivity index (χ1) is 13.9. The SMILES string of the molecule is CN(Cc1ccccc1)C(=O)CN1C(=O)N[C@](C)(c2ccc3c(c2)OCO3)C1=O. The van der Waals surface area contributed by atoms with E-state index < -0.39 is 17.5 Å². The molecule has 2 aliphatic rings. The molecule has 29 heavy (non-hydrogen) atoms. The smallest absolute Gasteiger partial charge is 0.325 e. The molecule has 2 aromatic carbocycles. The molecule has 0 saturated carbocycles. The minimum absolute atomic E-state index is 0.115. The Morgan fingerprint density at radius 3 is 2.62 bits per heavy atom. The molecular weight excluding hydrogens is 374 g/mol. The summed E-state index contributed by atoms with van der Waals surface area (Å²) in [6, 6.07) is 14.0. The largest absolute Gasteiger partial charge is 0.454 e. The number of hydrogen-bond acceptors (Lipinski definition) is 5. The first-order valence-corrected chi connectivity index (χ1v) is 9.20. The fraction of sp³-hybridized carbons (Fsp3) is 0.286. The van der Waals surface area contributed by atoms with Gasteiger partial charge in [-0.3, -0.25) is 14.5 Å². The lowest BCUT2D eigenvalue weighted by molar-refractivity contribution is -0.138. The number of nitrogens with one attached hydrogen (secondary N) is 1. The highest BCUT2D eigenvalue weighted by Crippen LogP contribution is 2.37. The topological polar surface area (TPSA) is 88.2 Å². The van der Waals surface area contributed by atoms with Crippen molar-refractivity contribution in [2.24, 2.45) is 0 Å². The van der Waals surface area contributed by atoms with Crippen molar-refractivity contribution in [3.8, 4) is 11.5 Å². The van der Waals surface area contributed by atoms with E-state index in [4.69, 9.17) is 9.47 Å². The van der Waals surface area contributed by atoms with Gasteiger partial charge in [-0.2, -0.15) is 0 Å². The standard InChI is InChI=1S/C21H21N3O5/c1-21(15-8-9-16-17(10-15)29-13-28-16)19(26)24(20(27)22-21)12-18(25)23(2)11-14-6-4-3-5-7-14/h3-10H,11-13H2,1-2H3,(H,22,27)/t21-/m1/s1. The summed E-state index contributed by atoms with van der Waals surface area (Å²) in [7, 11) is 1.64. The maximum Gasteiger partial charge on any atom is 0.325 e. The van der Waals surface area contributed by atoms with Crippen molar-refractivity contribution in [2.45, 2.75) is 19.0 Å². The summed E-state index contributed by atoms with van der Waals surface area (Å²) in [6.07, 6.45) is 0. The van der Waals surface area contributed by atoms with Crippen LogP contribution in [0.3, 0.4) is 0 Å². The summed E-state index contributed by atoms with van der Waals surface area (Å²) >= 11 is 0. The van der Waals surface area contributed by atoms with E-state index in [1.54, 1.807) is 32.2 Å². The van der Waals surface area contributed by atoms with Gasteiger partial charge in [-0.25, -0.2) is 4.79 Å². The molecule has 1 saturated heterocycles. The van der Waals surface area contributed by atoms with Gasteiger partial charge in [0.1, 0.15) is 12.1 Å². The number of imide groups is 1. The Morgan fingerprint density at radius 2 is 1.86 bits per heavy atom. The number of nitrogens with zero attached hydrogens (tertiary/aromatic N) is 2. The highest BCUT2D eigenvalue weighted by Gasteiger charge is 2.50. The third-order valence-corrected chi connectivity index (χ3v) is 5.21. The van der Waals surface area contributed by atoms with Gasteiger partial charge in [-0.15, -0.1) is 0 Å². The first kappa shape index (κ1) is 18.8. The molecule has 0 aliphatic carbocycles. The van der Waals surface area contributed by atoms with Crippen molar-refractivity contribution in [3.05, 3.63) is 59.7 Å². The van der Waals surface area contributed by atoms with Gasteiger partial charge in [-0.1, -0.05) is 36.4 Å². The third kappa shape index (κ3) is 3.37. The van der Waals surface area contributed by atoms with Crippen molar-refractivity contribution in [3.63, 3.8) is 0 Å². The van der Waals surface area contributed by atoms with Crippen LogP contribution in [-0.2, 0) is 21.7 Å². The Labute approximate surface area is 168 Å². The van der Waals surface area contributed by atoms with E-state index in [1.165, 1.54) is 4.90 Å². The Balaban J connectivity index is 1.48. The first-order valence-electron chi connectivity index (χ1n) is 9.20. The van der Waals surface area contributed by atoms with Crippen LogP contribution in [-0.4, -0.2) is 48.0 Å². The van der Waals surface area contributed by atoms with Crippen LogP contribution in [0.1, 0.15) is 18.1 Å². The fourth-order valence-electron chi connectivity index (χ4n) is 3.45. The Bertz CT molecular complexity index is 978. The van der Waals surface area contributed by atoms with Crippen LogP contribution in [0, 0.1) is 0 Å². The van der Waals surface area contributed by atoms with Crippen LogP contribution in [0.2, 0.25) is 0 Å². The molecule has 4 rings (SSSR count). The Morgan fingerprint density at radius 1 is 1.14 bits per heavy atom. The number of ether oxygens (including phenoxy) is 2. The zero-order chi connectivity index (χ0) is 20.6. The minimum Gasteiger partial charge on any atom is -0.454 e. The second-order valence-electron chi connectivity index (χ2n) is 7.25. The summed E-state index contributed by atoms with van der Waals surface area (Å²) in [5.74, 6) is 0.293. The lowest BCUT2D eigenvalue weighted by Crippen LogP contribution is -2.43. The maximum atomic E-state index is 13.1. The van der Waals surface area contributed by atoms with Crippen LogP contribution in [0.25, 0.3) is 0 Å². The zero-order valence-corrected chi connectivity index (χ0v) is 16.2. The van der Waals surface area contributed by atoms with E-state index in [9.17, 15) is 14.4 Å². The zero-order valence-electron chi connectivity index (χ0n) is 16.2. The molecule has 1 N–H and O–H groups in total. The summed E-state index contributed by atoms with van der Waals surface area (Å²) in [6.45, 7) is 1.80. The van der Waals surface area contributed by atoms with E-state index in [-0.39, 0.29) is 19.2 Å². The molecule has 0 spiro atoms. The van der Waals surface area contributed by atoms with Gasteiger partial charge in [-0.05, 0) is 30.2 Å². The van der Waals surface area contributed by atoms with Gasteiger partial charge >= 0.3 is 6.03 Å². The summed E-state index contributed by atoms with van der Waals surface area (Å²) in [5, 5.41) is 2.70. The van der Waals surface area contributed by atoms with Crippen molar-refractivity contribution in [2.75, 3.05) is 20.4 Å². The van der Waals surface area contributed by atoms with Crippen LogP contribution in [0.5, 0.6) is 11.5 Å². The third-order valence-electron chi connectivity index (χ3n) is 5.21. The number of urea groups is 1. The van der Waals surface area contributed by atoms with Crippen LogP contribution in [0.15, 0.2) is 48.5 Å². The molecule has 2 aromatic rings. The van der Waals surface area contributed by atoms with Gasteiger partial charge in [0.05, 0.1) is 0 Å². The van der Waals surface area contributed by atoms with E-state index in [2.05, 4.69) is 5.32 Å². The average molecular weight is 395 g/mol. The van der Waals surface area contributed by atoms with E-state index in [0.29, 0.717) is 23.6 Å². The Hall–Kier alpha value is -3.55. The number of likely N-dealkylation sites (N-methyl/N-ethyl adjacent to an activating group) is 1. The molecule has 8 heteroatoms. The lowest BCUT2D eigenvalue weighted by Gasteiger charge is -2.23. The van der Waals surface area contributed by atoms with Crippen LogP contribution >= 0.6 is 0 Å². The number of fused-ring (bicyclic) bond motifs is 1. The molecule has 0 radical (unpaired) electrons. The number of carbonyl (C=O) groups is 3. The van der Waals surface area contributed by atoms with Crippen molar-refractivity contribution < 1.29 is 23.9 Å². The molecule has 0 bridgehead atoms. The number of rotatable bonds is 5. The molecule has 1 atom stereocenters. The average Bonchev–Trinajstić information content (AvgIpc) is 3.27. The number of amides is 4. The second-order valence-corrected chi connectivity index (χ2v) is 7.25. The van der Waals surface area contributed by atoms with E-state index in [1.807, 2.05) is 30.3 Å². The monoisotopic (exact) mass is 395 g/mol. The maximum absolute atomic E-state index is 13.1. The van der Waals surface area contributed by atoms with Gasteiger partial charge in [0.25, 0.3) is 5.91 Å². The molecule has 0 aromatic heterocycles. The lowest BCUT2D eigenvalue weighted by atomic mass is 9.91. The number of carbonyl (C=O) groups excluding carboxylic acids is 3. The van der Waals surface area contributed by atoms with E-state index >= 15 is 0 Å². The number of hydrogen-bond donors (Lipinski definition) is 1. The second kappa shape index (κ2) is 7.12. The number of benzene rings is 2. The van der Waals surface area contributed by atoms with Crippen LogP contribution in [0.4, 0.5) is 4.79 Å². The molecule has 0 unspecified atom stereocenters. The quantitative estimate of drug-likeness (QED) is 0.781. The van der Waals surface area contributed by atoms with Gasteiger partial charge in [0.15, 0.2) is 11.5 Å². The predicted molar refractivity (Wildman–Crippen MR) is 103 cm³/mol. The van der Waals surface area contributed by atoms with Crippen LogP contribution < -0.4 is 14.8 Å². The molecule has 2 aliphatic heterocycles. The molecule has 4 amide bonds. The summed E-state index contributed by atoms with van der Waals surface area (Å²) < 4.78 is 10.7. The Kier molecular flexibility index (Phi) is 4.62. The molecule has 150 valence electrons. The molecule has 2 heterocycles. The fourth-order valence-corrected chi connectivity index (χ4v) is 3.45.